The topological polar surface area (TPSA) is 99.0 Å². The maximum Gasteiger partial charge on any atom is 0.406 e. The minimum Gasteiger partial charge on any atom is -0.362 e. The maximum atomic E-state index is 10.8. The predicted molar refractivity (Wildman–Crippen MR) is 68.4 cm³/mol. The first-order valence-corrected chi connectivity index (χ1v) is 6.20. The number of aryl methyl sites for hydroxylation is 1. The zero-order chi connectivity index (χ0) is 13.2. The summed E-state index contributed by atoms with van der Waals surface area (Å²) in [5.41, 5.74) is 6.04. The first-order valence-electron chi connectivity index (χ1n) is 6.20. The van der Waals surface area contributed by atoms with Crippen LogP contribution in [0.25, 0.3) is 0 Å². The van der Waals surface area contributed by atoms with E-state index in [9.17, 15) is 10.1 Å². The average molecular weight is 253 g/mol. The van der Waals surface area contributed by atoms with Gasteiger partial charge < -0.3 is 21.2 Å². The van der Waals surface area contributed by atoms with E-state index in [1.54, 1.807) is 11.6 Å². The number of rotatable bonds is 4. The van der Waals surface area contributed by atoms with Crippen molar-refractivity contribution in [1.29, 1.82) is 0 Å². The molecule has 0 aliphatic heterocycles. The maximum absolute atomic E-state index is 10.8. The van der Waals surface area contributed by atoms with Crippen LogP contribution in [-0.4, -0.2) is 26.6 Å². The lowest BCUT2D eigenvalue weighted by Gasteiger charge is -2.33. The van der Waals surface area contributed by atoms with E-state index in [4.69, 9.17) is 5.73 Å². The molecule has 1 saturated carbocycles. The van der Waals surface area contributed by atoms with Gasteiger partial charge in [-0.2, -0.15) is 0 Å². The number of hydrogen-bond donors (Lipinski definition) is 2. The molecule has 7 heteroatoms. The van der Waals surface area contributed by atoms with Crippen LogP contribution in [0.1, 0.15) is 32.1 Å². The van der Waals surface area contributed by atoms with Gasteiger partial charge in [0.25, 0.3) is 0 Å². The second-order valence-corrected chi connectivity index (χ2v) is 5.06. The van der Waals surface area contributed by atoms with Crippen molar-refractivity contribution in [2.75, 3.05) is 11.9 Å². The lowest BCUT2D eigenvalue weighted by Crippen LogP contribution is -2.47. The second kappa shape index (κ2) is 4.93. The summed E-state index contributed by atoms with van der Waals surface area (Å²) in [6.07, 6.45) is 6.85. The molecule has 0 radical (unpaired) electrons. The van der Waals surface area contributed by atoms with Crippen molar-refractivity contribution >= 4 is 11.6 Å². The molecule has 3 N–H and O–H groups in total. The van der Waals surface area contributed by atoms with E-state index < -0.39 is 4.92 Å². The third-order valence-electron chi connectivity index (χ3n) is 3.55. The van der Waals surface area contributed by atoms with E-state index in [-0.39, 0.29) is 11.4 Å². The Morgan fingerprint density at radius 3 is 2.83 bits per heavy atom. The highest BCUT2D eigenvalue weighted by molar-refractivity contribution is 5.52. The summed E-state index contributed by atoms with van der Waals surface area (Å²) in [5, 5.41) is 13.9. The molecule has 1 aliphatic carbocycles. The van der Waals surface area contributed by atoms with Gasteiger partial charge in [0.05, 0.1) is 0 Å². The summed E-state index contributed by atoms with van der Waals surface area (Å²) < 4.78 is 1.62. The van der Waals surface area contributed by atoms with E-state index in [2.05, 4.69) is 10.3 Å². The molecular formula is C11H19N5O2. The fourth-order valence-corrected chi connectivity index (χ4v) is 2.45. The van der Waals surface area contributed by atoms with Crippen LogP contribution in [0.5, 0.6) is 0 Å². The van der Waals surface area contributed by atoms with Crippen LogP contribution >= 0.6 is 0 Å². The minimum atomic E-state index is -0.480. The number of aromatic nitrogens is 2. The van der Waals surface area contributed by atoms with Gasteiger partial charge in [-0.05, 0) is 22.7 Å². The molecule has 0 saturated heterocycles. The Balaban J connectivity index is 2.05. The quantitative estimate of drug-likeness (QED) is 0.624. The fraction of sp³-hybridized carbons (Fsp3) is 0.727. The van der Waals surface area contributed by atoms with E-state index >= 15 is 0 Å². The standard InChI is InChI=1S/C11H19N5O2/c1-15-8-14-10(16(17)18)9(15)13-7-11(12)5-3-2-4-6-11/h8,13H,2-7,12H2,1H3. The highest BCUT2D eigenvalue weighted by atomic mass is 16.6. The molecule has 1 aliphatic rings. The monoisotopic (exact) mass is 253 g/mol. The van der Waals surface area contributed by atoms with Gasteiger partial charge in [-0.3, -0.25) is 4.57 Å². The summed E-state index contributed by atoms with van der Waals surface area (Å²) in [5.74, 6) is 0.285. The summed E-state index contributed by atoms with van der Waals surface area (Å²) >= 11 is 0. The molecule has 1 heterocycles. The Bertz CT molecular complexity index is 437. The van der Waals surface area contributed by atoms with Crippen molar-refractivity contribution in [2.24, 2.45) is 12.8 Å². The molecule has 18 heavy (non-hydrogen) atoms. The van der Waals surface area contributed by atoms with Crippen molar-refractivity contribution in [3.63, 3.8) is 0 Å². The molecule has 0 unspecified atom stereocenters. The van der Waals surface area contributed by atoms with E-state index in [1.807, 2.05) is 0 Å². The smallest absolute Gasteiger partial charge is 0.362 e. The minimum absolute atomic E-state index is 0.142. The van der Waals surface area contributed by atoms with Crippen LogP contribution in [0.15, 0.2) is 6.33 Å². The van der Waals surface area contributed by atoms with Gasteiger partial charge in [-0.1, -0.05) is 19.3 Å². The van der Waals surface area contributed by atoms with E-state index in [0.29, 0.717) is 12.4 Å². The molecular weight excluding hydrogens is 234 g/mol. The van der Waals surface area contributed by atoms with Crippen LogP contribution < -0.4 is 11.1 Å². The van der Waals surface area contributed by atoms with Crippen molar-refractivity contribution < 1.29 is 4.92 Å². The predicted octanol–water partition coefficient (Wildman–Crippen LogP) is 1.40. The van der Waals surface area contributed by atoms with Crippen LogP contribution in [0.4, 0.5) is 11.6 Å². The Morgan fingerprint density at radius 1 is 1.56 bits per heavy atom. The molecule has 1 fully saturated rings. The molecule has 0 aromatic carbocycles. The van der Waals surface area contributed by atoms with Crippen LogP contribution in [0, 0.1) is 10.1 Å². The summed E-state index contributed by atoms with van der Waals surface area (Å²) in [6, 6.07) is 0. The normalized spacial score (nSPS) is 18.6. The third kappa shape index (κ3) is 2.61. The van der Waals surface area contributed by atoms with E-state index in [0.717, 1.165) is 25.7 Å². The number of nitrogens with two attached hydrogens (primary N) is 1. The Morgan fingerprint density at radius 2 is 2.22 bits per heavy atom. The second-order valence-electron chi connectivity index (χ2n) is 5.06. The van der Waals surface area contributed by atoms with Gasteiger partial charge in [0.2, 0.25) is 12.1 Å². The Labute approximate surface area is 106 Å². The molecule has 0 atom stereocenters. The molecule has 0 spiro atoms. The van der Waals surface area contributed by atoms with Gasteiger partial charge in [0, 0.05) is 19.1 Å². The highest BCUT2D eigenvalue weighted by Gasteiger charge is 2.29. The third-order valence-corrected chi connectivity index (χ3v) is 3.55. The van der Waals surface area contributed by atoms with Gasteiger partial charge in [-0.15, -0.1) is 0 Å². The average Bonchev–Trinajstić information content (AvgIpc) is 2.69. The number of nitrogens with zero attached hydrogens (tertiary/aromatic N) is 3. The number of nitro groups is 1. The lowest BCUT2D eigenvalue weighted by molar-refractivity contribution is -0.388. The van der Waals surface area contributed by atoms with Gasteiger partial charge >= 0.3 is 5.82 Å². The SMILES string of the molecule is Cn1cnc([N+](=O)[O-])c1NCC1(N)CCCCC1. The molecule has 1 aromatic rings. The van der Waals surface area contributed by atoms with E-state index in [1.165, 1.54) is 12.7 Å². The van der Waals surface area contributed by atoms with Crippen LogP contribution in [0.2, 0.25) is 0 Å². The molecule has 0 bridgehead atoms. The molecule has 1 aromatic heterocycles. The van der Waals surface area contributed by atoms with Crippen molar-refractivity contribution in [3.8, 4) is 0 Å². The van der Waals surface area contributed by atoms with Crippen molar-refractivity contribution in [1.82, 2.24) is 9.55 Å². The summed E-state index contributed by atoms with van der Waals surface area (Å²) in [7, 11) is 1.73. The Hall–Kier alpha value is -1.63. The van der Waals surface area contributed by atoms with Crippen molar-refractivity contribution in [2.45, 2.75) is 37.6 Å². The van der Waals surface area contributed by atoms with Crippen LogP contribution in [-0.2, 0) is 7.05 Å². The Kier molecular flexibility index (Phi) is 3.51. The number of nitrogens with one attached hydrogen (secondary N) is 1. The van der Waals surface area contributed by atoms with Gasteiger partial charge in [0.15, 0.2) is 0 Å². The number of anilines is 1. The van der Waals surface area contributed by atoms with Crippen molar-refractivity contribution in [3.05, 3.63) is 16.4 Å². The molecule has 7 nitrogen and oxygen atoms in total. The number of hydrogen-bond acceptors (Lipinski definition) is 5. The zero-order valence-corrected chi connectivity index (χ0v) is 10.6. The first-order chi connectivity index (χ1) is 8.52. The molecule has 100 valence electrons. The molecule has 2 rings (SSSR count). The van der Waals surface area contributed by atoms with Crippen LogP contribution in [0.3, 0.4) is 0 Å². The summed E-state index contributed by atoms with van der Waals surface area (Å²) in [6.45, 7) is 0.549. The molecule has 0 amide bonds. The largest absolute Gasteiger partial charge is 0.406 e. The van der Waals surface area contributed by atoms with Gasteiger partial charge in [-0.25, -0.2) is 0 Å². The highest BCUT2D eigenvalue weighted by Crippen LogP contribution is 2.28. The number of imidazole rings is 1. The van der Waals surface area contributed by atoms with Gasteiger partial charge in [0.1, 0.15) is 0 Å². The lowest BCUT2D eigenvalue weighted by atomic mass is 9.82. The first kappa shape index (κ1) is 12.8. The zero-order valence-electron chi connectivity index (χ0n) is 10.6. The summed E-state index contributed by atoms with van der Waals surface area (Å²) in [4.78, 5) is 14.1. The fourth-order valence-electron chi connectivity index (χ4n) is 2.45.